The van der Waals surface area contributed by atoms with Gasteiger partial charge in [0.25, 0.3) is 0 Å². The molecule has 178 valence electrons. The van der Waals surface area contributed by atoms with Crippen LogP contribution in [0.2, 0.25) is 0 Å². The SMILES string of the molecule is CC(c1ccc(Oc2ccccc2)cc1)N(C)C1CN(C(=O)Nc2ccc(C(F)(F)F)cc2)C1. The summed E-state index contributed by atoms with van der Waals surface area (Å²) in [6, 6.07) is 22.0. The molecule has 3 aromatic carbocycles. The molecule has 34 heavy (non-hydrogen) atoms. The van der Waals surface area contributed by atoms with E-state index in [1.807, 2.05) is 61.6 Å². The topological polar surface area (TPSA) is 44.8 Å². The molecule has 1 aliphatic heterocycles. The zero-order valence-corrected chi connectivity index (χ0v) is 18.9. The molecule has 1 heterocycles. The average molecular weight is 470 g/mol. The fourth-order valence-corrected chi connectivity index (χ4v) is 3.81. The first-order chi connectivity index (χ1) is 16.2. The molecule has 5 nitrogen and oxygen atoms in total. The van der Waals surface area contributed by atoms with Crippen molar-refractivity contribution in [3.05, 3.63) is 90.0 Å². The molecule has 0 aromatic heterocycles. The lowest BCUT2D eigenvalue weighted by Gasteiger charge is -2.46. The Morgan fingerprint density at radius 3 is 2.15 bits per heavy atom. The summed E-state index contributed by atoms with van der Waals surface area (Å²) in [5.74, 6) is 1.55. The molecule has 0 bridgehead atoms. The molecule has 2 amide bonds. The number of amides is 2. The maximum Gasteiger partial charge on any atom is 0.416 e. The summed E-state index contributed by atoms with van der Waals surface area (Å²) in [4.78, 5) is 16.3. The molecule has 1 atom stereocenters. The fraction of sp³-hybridized carbons (Fsp3) is 0.269. The third-order valence-electron chi connectivity index (χ3n) is 6.14. The average Bonchev–Trinajstić information content (AvgIpc) is 2.78. The van der Waals surface area contributed by atoms with Gasteiger partial charge in [0.1, 0.15) is 11.5 Å². The van der Waals surface area contributed by atoms with Crippen LogP contribution in [-0.4, -0.2) is 42.0 Å². The van der Waals surface area contributed by atoms with E-state index in [2.05, 4.69) is 17.1 Å². The van der Waals surface area contributed by atoms with Gasteiger partial charge in [-0.25, -0.2) is 4.79 Å². The van der Waals surface area contributed by atoms with Gasteiger partial charge < -0.3 is 15.0 Å². The monoisotopic (exact) mass is 469 g/mol. The Morgan fingerprint density at radius 1 is 0.971 bits per heavy atom. The van der Waals surface area contributed by atoms with Gasteiger partial charge in [-0.05, 0) is 68.1 Å². The number of likely N-dealkylation sites (tertiary alicyclic amines) is 1. The van der Waals surface area contributed by atoms with Crippen molar-refractivity contribution in [3.63, 3.8) is 0 Å². The Kier molecular flexibility index (Phi) is 6.79. The quantitative estimate of drug-likeness (QED) is 0.454. The Balaban J connectivity index is 1.27. The van der Waals surface area contributed by atoms with E-state index in [4.69, 9.17) is 4.74 Å². The van der Waals surface area contributed by atoms with Gasteiger partial charge in [-0.2, -0.15) is 13.2 Å². The van der Waals surface area contributed by atoms with Crippen molar-refractivity contribution in [2.24, 2.45) is 0 Å². The van der Waals surface area contributed by atoms with Crippen molar-refractivity contribution >= 4 is 11.7 Å². The van der Waals surface area contributed by atoms with Gasteiger partial charge >= 0.3 is 12.2 Å². The van der Waals surface area contributed by atoms with Crippen LogP contribution in [0.25, 0.3) is 0 Å². The van der Waals surface area contributed by atoms with Crippen molar-refractivity contribution in [1.29, 1.82) is 0 Å². The number of nitrogens with zero attached hydrogens (tertiary/aromatic N) is 2. The lowest BCUT2D eigenvalue weighted by Crippen LogP contribution is -2.61. The highest BCUT2D eigenvalue weighted by Crippen LogP contribution is 2.31. The molecule has 0 aliphatic carbocycles. The lowest BCUT2D eigenvalue weighted by atomic mass is 10.0. The van der Waals surface area contributed by atoms with Crippen LogP contribution in [-0.2, 0) is 6.18 Å². The third kappa shape index (κ3) is 5.51. The molecule has 8 heteroatoms. The largest absolute Gasteiger partial charge is 0.457 e. The minimum absolute atomic E-state index is 0.135. The maximum absolute atomic E-state index is 12.7. The Morgan fingerprint density at radius 2 is 1.56 bits per heavy atom. The van der Waals surface area contributed by atoms with Gasteiger partial charge in [-0.15, -0.1) is 0 Å². The Hall–Kier alpha value is -3.52. The van der Waals surface area contributed by atoms with Gasteiger partial charge in [0, 0.05) is 30.9 Å². The first-order valence-corrected chi connectivity index (χ1v) is 11.0. The van der Waals surface area contributed by atoms with Crippen LogP contribution >= 0.6 is 0 Å². The standard InChI is InChI=1S/C26H26F3N3O2/c1-18(19-8-14-24(15-9-19)34-23-6-4-3-5-7-23)31(2)22-16-32(17-22)25(33)30-21-12-10-20(11-13-21)26(27,28)29/h3-15,18,22H,16-17H2,1-2H3,(H,30,33). The summed E-state index contributed by atoms with van der Waals surface area (Å²) < 4.78 is 43.9. The van der Waals surface area contributed by atoms with E-state index in [9.17, 15) is 18.0 Å². The molecule has 4 rings (SSSR count). The smallest absolute Gasteiger partial charge is 0.416 e. The lowest BCUT2D eigenvalue weighted by molar-refractivity contribution is -0.137. The maximum atomic E-state index is 12.7. The van der Waals surface area contributed by atoms with E-state index in [1.54, 1.807) is 4.90 Å². The number of anilines is 1. The molecule has 1 saturated heterocycles. The first-order valence-electron chi connectivity index (χ1n) is 11.0. The van der Waals surface area contributed by atoms with Crippen LogP contribution in [0.15, 0.2) is 78.9 Å². The second-order valence-electron chi connectivity index (χ2n) is 8.39. The van der Waals surface area contributed by atoms with E-state index in [1.165, 1.54) is 12.1 Å². The Bertz CT molecular complexity index is 1100. The van der Waals surface area contributed by atoms with E-state index in [0.29, 0.717) is 18.8 Å². The van der Waals surface area contributed by atoms with Crippen molar-refractivity contribution in [3.8, 4) is 11.5 Å². The van der Waals surface area contributed by atoms with Gasteiger partial charge in [0.15, 0.2) is 0 Å². The number of halogens is 3. The second-order valence-corrected chi connectivity index (χ2v) is 8.39. The van der Waals surface area contributed by atoms with Crippen molar-refractivity contribution in [2.45, 2.75) is 25.2 Å². The summed E-state index contributed by atoms with van der Waals surface area (Å²) in [7, 11) is 2.02. The summed E-state index contributed by atoms with van der Waals surface area (Å²) in [6.07, 6.45) is -4.40. The molecule has 3 aromatic rings. The number of urea groups is 1. The van der Waals surface area contributed by atoms with E-state index in [0.717, 1.165) is 29.2 Å². The number of rotatable bonds is 6. The van der Waals surface area contributed by atoms with Crippen LogP contribution < -0.4 is 10.1 Å². The molecule has 1 N–H and O–H groups in total. The minimum atomic E-state index is -4.40. The highest BCUT2D eigenvalue weighted by atomic mass is 19.4. The molecule has 1 aliphatic rings. The van der Waals surface area contributed by atoms with Crippen LogP contribution in [0.1, 0.15) is 24.1 Å². The normalized spacial score (nSPS) is 15.1. The third-order valence-corrected chi connectivity index (χ3v) is 6.14. The van der Waals surface area contributed by atoms with Gasteiger partial charge in [-0.3, -0.25) is 4.90 Å². The number of hydrogen-bond donors (Lipinski definition) is 1. The number of carbonyl (C=O) groups excluding carboxylic acids is 1. The van der Waals surface area contributed by atoms with Crippen molar-refractivity contribution in [1.82, 2.24) is 9.80 Å². The van der Waals surface area contributed by atoms with Gasteiger partial charge in [0.05, 0.1) is 5.56 Å². The van der Waals surface area contributed by atoms with Gasteiger partial charge in [0.2, 0.25) is 0 Å². The predicted molar refractivity (Wildman–Crippen MR) is 125 cm³/mol. The molecular formula is C26H26F3N3O2. The molecular weight excluding hydrogens is 443 g/mol. The number of nitrogens with one attached hydrogen (secondary N) is 1. The summed E-state index contributed by atoms with van der Waals surface area (Å²) in [6.45, 7) is 3.20. The minimum Gasteiger partial charge on any atom is -0.457 e. The number of alkyl halides is 3. The highest BCUT2D eigenvalue weighted by Gasteiger charge is 2.35. The molecule has 0 radical (unpaired) electrons. The van der Waals surface area contributed by atoms with Crippen molar-refractivity contribution in [2.75, 3.05) is 25.5 Å². The number of benzene rings is 3. The molecule has 1 unspecified atom stereocenters. The van der Waals surface area contributed by atoms with Crippen LogP contribution in [0.5, 0.6) is 11.5 Å². The second kappa shape index (κ2) is 9.77. The van der Waals surface area contributed by atoms with Crippen LogP contribution in [0.4, 0.5) is 23.7 Å². The number of ether oxygens (including phenoxy) is 1. The first kappa shape index (κ1) is 23.6. The zero-order chi connectivity index (χ0) is 24.3. The summed E-state index contributed by atoms with van der Waals surface area (Å²) in [5, 5.41) is 2.66. The van der Waals surface area contributed by atoms with Gasteiger partial charge in [-0.1, -0.05) is 30.3 Å². The van der Waals surface area contributed by atoms with Crippen LogP contribution in [0.3, 0.4) is 0 Å². The predicted octanol–water partition coefficient (Wildman–Crippen LogP) is 6.41. The number of para-hydroxylation sites is 1. The van der Waals surface area contributed by atoms with E-state index in [-0.39, 0.29) is 18.1 Å². The van der Waals surface area contributed by atoms with Crippen molar-refractivity contribution < 1.29 is 22.7 Å². The van der Waals surface area contributed by atoms with E-state index >= 15 is 0 Å². The Labute approximate surface area is 196 Å². The highest BCUT2D eigenvalue weighted by molar-refractivity contribution is 5.90. The number of hydrogen-bond acceptors (Lipinski definition) is 3. The van der Waals surface area contributed by atoms with Crippen LogP contribution in [0, 0.1) is 0 Å². The molecule has 1 fully saturated rings. The molecule has 0 spiro atoms. The summed E-state index contributed by atoms with van der Waals surface area (Å²) in [5.41, 5.74) is 0.723. The molecule has 0 saturated carbocycles. The zero-order valence-electron chi connectivity index (χ0n) is 18.9. The number of likely N-dealkylation sites (N-methyl/N-ethyl adjacent to an activating group) is 1. The van der Waals surface area contributed by atoms with E-state index < -0.39 is 11.7 Å². The fourth-order valence-electron chi connectivity index (χ4n) is 3.81. The number of carbonyl (C=O) groups is 1. The summed E-state index contributed by atoms with van der Waals surface area (Å²) >= 11 is 0.